The Morgan fingerprint density at radius 1 is 1.50 bits per heavy atom. The van der Waals surface area contributed by atoms with E-state index >= 15 is 0 Å². The molecule has 2 N–H and O–H groups in total. The number of aromatic nitrogens is 1. The van der Waals surface area contributed by atoms with Crippen molar-refractivity contribution < 1.29 is 9.90 Å². The lowest BCUT2D eigenvalue weighted by Gasteiger charge is -2.27. The number of rotatable bonds is 4. The lowest BCUT2D eigenvalue weighted by Crippen LogP contribution is -2.44. The smallest absolute Gasteiger partial charge is 0.237 e. The Balaban J connectivity index is 2.09. The molecule has 1 saturated heterocycles. The van der Waals surface area contributed by atoms with E-state index in [4.69, 9.17) is 5.11 Å². The monoisotopic (exact) mass is 249 g/mol. The van der Waals surface area contributed by atoms with Crippen LogP contribution in [0.15, 0.2) is 24.4 Å². The summed E-state index contributed by atoms with van der Waals surface area (Å²) in [5.74, 6) is 0.0116. The van der Waals surface area contributed by atoms with Gasteiger partial charge in [-0.2, -0.15) is 0 Å². The molecule has 1 aromatic heterocycles. The molecular formula is C13H19N3O2. The van der Waals surface area contributed by atoms with E-state index in [1.54, 1.807) is 6.20 Å². The third kappa shape index (κ3) is 3.27. The van der Waals surface area contributed by atoms with Gasteiger partial charge in [0, 0.05) is 32.4 Å². The molecule has 0 aliphatic carbocycles. The van der Waals surface area contributed by atoms with Gasteiger partial charge >= 0.3 is 0 Å². The first-order chi connectivity index (χ1) is 8.81. The highest BCUT2D eigenvalue weighted by molar-refractivity contribution is 5.81. The van der Waals surface area contributed by atoms with Crippen molar-refractivity contribution in [2.75, 3.05) is 19.7 Å². The Bertz CT molecular complexity index is 383. The van der Waals surface area contributed by atoms with E-state index in [-0.39, 0.29) is 18.6 Å². The number of amides is 1. The predicted octanol–water partition coefficient (Wildman–Crippen LogP) is 0.154. The Morgan fingerprint density at radius 2 is 2.39 bits per heavy atom. The van der Waals surface area contributed by atoms with Crippen molar-refractivity contribution >= 4 is 5.91 Å². The van der Waals surface area contributed by atoms with Crippen molar-refractivity contribution in [3.63, 3.8) is 0 Å². The zero-order valence-corrected chi connectivity index (χ0v) is 10.4. The first-order valence-corrected chi connectivity index (χ1v) is 6.34. The summed E-state index contributed by atoms with van der Waals surface area (Å²) in [7, 11) is 0. The quantitative estimate of drug-likeness (QED) is 0.797. The van der Waals surface area contributed by atoms with Crippen molar-refractivity contribution in [2.45, 2.75) is 25.4 Å². The van der Waals surface area contributed by atoms with Crippen LogP contribution in [0, 0.1) is 0 Å². The molecule has 1 aliphatic heterocycles. The van der Waals surface area contributed by atoms with E-state index in [1.807, 2.05) is 18.2 Å². The fourth-order valence-corrected chi connectivity index (χ4v) is 2.26. The van der Waals surface area contributed by atoms with Gasteiger partial charge in [0.05, 0.1) is 11.7 Å². The molecule has 1 fully saturated rings. The minimum atomic E-state index is -0.250. The zero-order chi connectivity index (χ0) is 12.8. The van der Waals surface area contributed by atoms with Crippen LogP contribution in [-0.2, 0) is 11.3 Å². The van der Waals surface area contributed by atoms with E-state index in [0.717, 1.165) is 18.7 Å². The van der Waals surface area contributed by atoms with Crippen LogP contribution in [0.3, 0.4) is 0 Å². The van der Waals surface area contributed by atoms with Gasteiger partial charge in [-0.3, -0.25) is 14.7 Å². The highest BCUT2D eigenvalue weighted by atomic mass is 16.3. The molecule has 1 unspecified atom stereocenters. The number of aliphatic hydroxyl groups excluding tert-OH is 1. The Kier molecular flexibility index (Phi) is 4.66. The maximum Gasteiger partial charge on any atom is 0.237 e. The van der Waals surface area contributed by atoms with Gasteiger partial charge in [-0.25, -0.2) is 0 Å². The van der Waals surface area contributed by atoms with Crippen LogP contribution in [0.4, 0.5) is 0 Å². The number of aliphatic hydroxyl groups is 1. The van der Waals surface area contributed by atoms with Crippen LogP contribution in [-0.4, -0.2) is 46.6 Å². The second-order valence-electron chi connectivity index (χ2n) is 4.46. The maximum atomic E-state index is 11.9. The van der Waals surface area contributed by atoms with Crippen molar-refractivity contribution in [1.29, 1.82) is 0 Å². The lowest BCUT2D eigenvalue weighted by molar-refractivity contribution is -0.126. The van der Waals surface area contributed by atoms with Gasteiger partial charge in [0.1, 0.15) is 0 Å². The Morgan fingerprint density at radius 3 is 3.11 bits per heavy atom. The van der Waals surface area contributed by atoms with Crippen LogP contribution in [0.1, 0.15) is 18.5 Å². The number of hydrogen-bond acceptors (Lipinski definition) is 4. The topological polar surface area (TPSA) is 65.5 Å². The average molecular weight is 249 g/mol. The van der Waals surface area contributed by atoms with Crippen molar-refractivity contribution in [3.8, 4) is 0 Å². The molecule has 2 heterocycles. The van der Waals surface area contributed by atoms with E-state index < -0.39 is 0 Å². The molecule has 0 saturated carbocycles. The summed E-state index contributed by atoms with van der Waals surface area (Å²) in [6, 6.07) is 5.53. The fraction of sp³-hybridized carbons (Fsp3) is 0.538. The first kappa shape index (κ1) is 13.0. The van der Waals surface area contributed by atoms with Gasteiger partial charge in [0.15, 0.2) is 0 Å². The van der Waals surface area contributed by atoms with E-state index in [2.05, 4.69) is 15.2 Å². The van der Waals surface area contributed by atoms with Crippen LogP contribution < -0.4 is 5.32 Å². The van der Waals surface area contributed by atoms with E-state index in [0.29, 0.717) is 19.5 Å². The third-order valence-electron chi connectivity index (χ3n) is 3.16. The number of nitrogens with zero attached hydrogens (tertiary/aromatic N) is 2. The molecule has 1 aliphatic rings. The molecule has 1 aromatic rings. The molecule has 1 atom stereocenters. The Labute approximate surface area is 107 Å². The largest absolute Gasteiger partial charge is 0.396 e. The molecule has 1 amide bonds. The van der Waals surface area contributed by atoms with Crippen molar-refractivity contribution in [3.05, 3.63) is 30.1 Å². The number of nitrogens with one attached hydrogen (secondary N) is 1. The first-order valence-electron chi connectivity index (χ1n) is 6.34. The number of carbonyl (C=O) groups is 1. The minimum Gasteiger partial charge on any atom is -0.396 e. The second-order valence-corrected chi connectivity index (χ2v) is 4.46. The normalized spacial score (nSPS) is 21.4. The zero-order valence-electron chi connectivity index (χ0n) is 10.4. The summed E-state index contributed by atoms with van der Waals surface area (Å²) in [4.78, 5) is 18.3. The molecule has 5 nitrogen and oxygen atoms in total. The molecule has 0 aromatic carbocycles. The molecule has 98 valence electrons. The summed E-state index contributed by atoms with van der Waals surface area (Å²) in [5, 5.41) is 12.0. The van der Waals surface area contributed by atoms with E-state index in [9.17, 15) is 4.79 Å². The number of hydrogen-bond donors (Lipinski definition) is 2. The minimum absolute atomic E-state index is 0.0116. The lowest BCUT2D eigenvalue weighted by atomic mass is 10.1. The van der Waals surface area contributed by atoms with Crippen molar-refractivity contribution in [1.82, 2.24) is 15.2 Å². The summed E-state index contributed by atoms with van der Waals surface area (Å²) in [5.41, 5.74) is 0.954. The SMILES string of the molecule is O=C1NCCCN(Cc2ccccn2)C1CCO. The van der Waals surface area contributed by atoms with Gasteiger partial charge in [-0.15, -0.1) is 0 Å². The van der Waals surface area contributed by atoms with Crippen molar-refractivity contribution in [2.24, 2.45) is 0 Å². The summed E-state index contributed by atoms with van der Waals surface area (Å²) in [6.07, 6.45) is 3.16. The molecule has 0 radical (unpaired) electrons. The molecule has 5 heteroatoms. The summed E-state index contributed by atoms with van der Waals surface area (Å²) >= 11 is 0. The molecule has 2 rings (SSSR count). The number of pyridine rings is 1. The highest BCUT2D eigenvalue weighted by Crippen LogP contribution is 2.12. The molecule has 0 bridgehead atoms. The summed E-state index contributed by atoms with van der Waals surface area (Å²) < 4.78 is 0. The van der Waals surface area contributed by atoms with Crippen LogP contribution >= 0.6 is 0 Å². The maximum absolute atomic E-state index is 11.9. The molecular weight excluding hydrogens is 230 g/mol. The van der Waals surface area contributed by atoms with Gasteiger partial charge in [-0.1, -0.05) is 6.07 Å². The van der Waals surface area contributed by atoms with Gasteiger partial charge in [0.25, 0.3) is 0 Å². The highest BCUT2D eigenvalue weighted by Gasteiger charge is 2.27. The standard InChI is InChI=1S/C13H19N3O2/c17-9-5-12-13(18)15-7-3-8-16(12)10-11-4-1-2-6-14-11/h1-2,4,6,12,17H,3,5,7-10H2,(H,15,18). The Hall–Kier alpha value is -1.46. The molecule has 18 heavy (non-hydrogen) atoms. The predicted molar refractivity (Wildman–Crippen MR) is 67.8 cm³/mol. The van der Waals surface area contributed by atoms with Gasteiger partial charge < -0.3 is 10.4 Å². The van der Waals surface area contributed by atoms with Crippen LogP contribution in [0.2, 0.25) is 0 Å². The fourth-order valence-electron chi connectivity index (χ4n) is 2.26. The van der Waals surface area contributed by atoms with Crippen LogP contribution in [0.5, 0.6) is 0 Å². The third-order valence-corrected chi connectivity index (χ3v) is 3.16. The van der Waals surface area contributed by atoms with E-state index in [1.165, 1.54) is 0 Å². The van der Waals surface area contributed by atoms with Crippen LogP contribution in [0.25, 0.3) is 0 Å². The summed E-state index contributed by atoms with van der Waals surface area (Å²) in [6.45, 7) is 2.23. The number of carbonyl (C=O) groups excluding carboxylic acids is 1. The van der Waals surface area contributed by atoms with Gasteiger partial charge in [-0.05, 0) is 25.0 Å². The average Bonchev–Trinajstić information content (AvgIpc) is 2.56. The molecule has 0 spiro atoms. The van der Waals surface area contributed by atoms with Gasteiger partial charge in [0.2, 0.25) is 5.91 Å². The second kappa shape index (κ2) is 6.47.